The molecule has 2 rings (SSSR count). The van der Waals surface area contributed by atoms with Crippen molar-refractivity contribution in [2.75, 3.05) is 20.3 Å². The third-order valence-corrected chi connectivity index (χ3v) is 3.81. The van der Waals surface area contributed by atoms with Gasteiger partial charge in [0.05, 0.1) is 6.61 Å². The summed E-state index contributed by atoms with van der Waals surface area (Å²) in [4.78, 5) is 26.5. The first-order valence-electron chi connectivity index (χ1n) is 7.14. The highest BCUT2D eigenvalue weighted by Gasteiger charge is 2.47. The number of amides is 2. The van der Waals surface area contributed by atoms with Crippen LogP contribution in [0.2, 0.25) is 0 Å². The van der Waals surface area contributed by atoms with E-state index in [1.807, 2.05) is 0 Å². The van der Waals surface area contributed by atoms with Crippen LogP contribution in [0.4, 0.5) is 0 Å². The Morgan fingerprint density at radius 3 is 2.58 bits per heavy atom. The minimum Gasteiger partial charge on any atom is -0.383 e. The molecule has 0 radical (unpaired) electrons. The van der Waals surface area contributed by atoms with Gasteiger partial charge in [-0.25, -0.2) is 0 Å². The van der Waals surface area contributed by atoms with Gasteiger partial charge in [-0.1, -0.05) is 13.8 Å². The predicted molar refractivity (Wildman–Crippen MR) is 71.5 cm³/mol. The number of hydrogen-bond acceptors (Lipinski definition) is 3. The molecule has 0 spiro atoms. The zero-order valence-corrected chi connectivity index (χ0v) is 12.0. The van der Waals surface area contributed by atoms with Crippen LogP contribution in [0.15, 0.2) is 0 Å². The zero-order valence-electron chi connectivity index (χ0n) is 12.0. The number of carbonyl (C=O) groups excluding carboxylic acids is 2. The SMILES string of the molecule is COCCN1C(=O)C(CC(C)C)NC(=O)C1C1CC1. The van der Waals surface area contributed by atoms with Crippen LogP contribution in [-0.2, 0) is 14.3 Å². The van der Waals surface area contributed by atoms with E-state index in [0.29, 0.717) is 31.4 Å². The molecular formula is C14H24N2O3. The van der Waals surface area contributed by atoms with Crippen molar-refractivity contribution in [2.24, 2.45) is 11.8 Å². The predicted octanol–water partition coefficient (Wildman–Crippen LogP) is 0.784. The molecule has 5 heteroatoms. The molecule has 1 N–H and O–H groups in total. The number of rotatable bonds is 6. The summed E-state index contributed by atoms with van der Waals surface area (Å²) in [6.07, 6.45) is 2.79. The molecule has 0 aromatic rings. The molecular weight excluding hydrogens is 244 g/mol. The second-order valence-corrected chi connectivity index (χ2v) is 6.00. The van der Waals surface area contributed by atoms with Crippen LogP contribution < -0.4 is 5.32 Å². The number of nitrogens with zero attached hydrogens (tertiary/aromatic N) is 1. The van der Waals surface area contributed by atoms with Crippen molar-refractivity contribution in [2.45, 2.75) is 45.2 Å². The highest BCUT2D eigenvalue weighted by molar-refractivity contribution is 5.97. The fourth-order valence-electron chi connectivity index (χ4n) is 2.75. The summed E-state index contributed by atoms with van der Waals surface area (Å²) >= 11 is 0. The average Bonchev–Trinajstić information content (AvgIpc) is 3.14. The summed E-state index contributed by atoms with van der Waals surface area (Å²) in [7, 11) is 1.62. The Kier molecular flexibility index (Phi) is 4.45. The minimum atomic E-state index is -0.362. The van der Waals surface area contributed by atoms with Crippen LogP contribution in [0.5, 0.6) is 0 Å². The van der Waals surface area contributed by atoms with Crippen molar-refractivity contribution >= 4 is 11.8 Å². The summed E-state index contributed by atoms with van der Waals surface area (Å²) in [6.45, 7) is 5.12. The van der Waals surface area contributed by atoms with Crippen LogP contribution in [0.1, 0.15) is 33.1 Å². The highest BCUT2D eigenvalue weighted by Crippen LogP contribution is 2.37. The quantitative estimate of drug-likeness (QED) is 0.774. The van der Waals surface area contributed by atoms with Crippen LogP contribution in [-0.4, -0.2) is 49.1 Å². The molecule has 2 aliphatic rings. The van der Waals surface area contributed by atoms with Crippen molar-refractivity contribution < 1.29 is 14.3 Å². The maximum absolute atomic E-state index is 12.5. The van der Waals surface area contributed by atoms with Gasteiger partial charge in [0.25, 0.3) is 0 Å². The van der Waals surface area contributed by atoms with Crippen molar-refractivity contribution in [3.8, 4) is 0 Å². The molecule has 1 saturated carbocycles. The average molecular weight is 268 g/mol. The van der Waals surface area contributed by atoms with Gasteiger partial charge in [-0.15, -0.1) is 0 Å². The Morgan fingerprint density at radius 1 is 1.37 bits per heavy atom. The van der Waals surface area contributed by atoms with Crippen molar-refractivity contribution in [1.82, 2.24) is 10.2 Å². The van der Waals surface area contributed by atoms with Gasteiger partial charge in [-0.3, -0.25) is 9.59 Å². The summed E-state index contributed by atoms with van der Waals surface area (Å²) in [5.41, 5.74) is 0. The third-order valence-electron chi connectivity index (χ3n) is 3.81. The van der Waals surface area contributed by atoms with Gasteiger partial charge in [0, 0.05) is 13.7 Å². The van der Waals surface area contributed by atoms with Gasteiger partial charge in [-0.05, 0) is 31.1 Å². The number of piperazine rings is 1. The standard InChI is InChI=1S/C14H24N2O3/c1-9(2)8-11-14(18)16(6-7-19-3)12(10-4-5-10)13(17)15-11/h9-12H,4-8H2,1-3H3,(H,15,17). The largest absolute Gasteiger partial charge is 0.383 e. The van der Waals surface area contributed by atoms with E-state index in [9.17, 15) is 9.59 Å². The van der Waals surface area contributed by atoms with E-state index in [2.05, 4.69) is 19.2 Å². The van der Waals surface area contributed by atoms with Gasteiger partial charge < -0.3 is 15.0 Å². The van der Waals surface area contributed by atoms with Crippen LogP contribution >= 0.6 is 0 Å². The van der Waals surface area contributed by atoms with E-state index in [1.165, 1.54) is 0 Å². The molecule has 0 aromatic carbocycles. The lowest BCUT2D eigenvalue weighted by molar-refractivity contribution is -0.151. The van der Waals surface area contributed by atoms with E-state index in [-0.39, 0.29) is 23.9 Å². The number of methoxy groups -OCH3 is 1. The molecule has 2 amide bonds. The number of nitrogens with one attached hydrogen (secondary N) is 1. The van der Waals surface area contributed by atoms with Gasteiger partial charge >= 0.3 is 0 Å². The molecule has 2 unspecified atom stereocenters. The maximum atomic E-state index is 12.5. The third kappa shape index (κ3) is 3.26. The smallest absolute Gasteiger partial charge is 0.245 e. The van der Waals surface area contributed by atoms with Gasteiger partial charge in [0.15, 0.2) is 0 Å². The lowest BCUT2D eigenvalue weighted by Gasteiger charge is -2.39. The minimum absolute atomic E-state index is 0.0175. The number of carbonyl (C=O) groups is 2. The summed E-state index contributed by atoms with van der Waals surface area (Å²) in [6, 6.07) is -0.634. The van der Waals surface area contributed by atoms with E-state index in [1.54, 1.807) is 12.0 Å². The fourth-order valence-corrected chi connectivity index (χ4v) is 2.75. The van der Waals surface area contributed by atoms with Crippen molar-refractivity contribution in [3.63, 3.8) is 0 Å². The molecule has 1 heterocycles. The van der Waals surface area contributed by atoms with Gasteiger partial charge in [0.2, 0.25) is 11.8 Å². The first-order chi connectivity index (χ1) is 9.04. The van der Waals surface area contributed by atoms with E-state index in [4.69, 9.17) is 4.74 Å². The van der Waals surface area contributed by atoms with Crippen LogP contribution in [0, 0.1) is 11.8 Å². The molecule has 2 fully saturated rings. The van der Waals surface area contributed by atoms with Gasteiger partial charge in [-0.2, -0.15) is 0 Å². The summed E-state index contributed by atoms with van der Waals surface area (Å²) < 4.78 is 5.07. The Hall–Kier alpha value is -1.10. The summed E-state index contributed by atoms with van der Waals surface area (Å²) in [5, 5.41) is 2.90. The first kappa shape index (κ1) is 14.3. The first-order valence-corrected chi connectivity index (χ1v) is 7.14. The molecule has 19 heavy (non-hydrogen) atoms. The lowest BCUT2D eigenvalue weighted by Crippen LogP contribution is -2.64. The molecule has 5 nitrogen and oxygen atoms in total. The molecule has 0 aromatic heterocycles. The molecule has 1 aliphatic carbocycles. The normalized spacial score (nSPS) is 27.9. The molecule has 108 valence electrons. The topological polar surface area (TPSA) is 58.6 Å². The highest BCUT2D eigenvalue weighted by atomic mass is 16.5. The second kappa shape index (κ2) is 5.90. The molecule has 0 bridgehead atoms. The van der Waals surface area contributed by atoms with Crippen molar-refractivity contribution in [3.05, 3.63) is 0 Å². The monoisotopic (exact) mass is 268 g/mol. The van der Waals surface area contributed by atoms with E-state index < -0.39 is 0 Å². The summed E-state index contributed by atoms with van der Waals surface area (Å²) in [5.74, 6) is 0.808. The Morgan fingerprint density at radius 2 is 2.05 bits per heavy atom. The Bertz CT molecular complexity index is 353. The van der Waals surface area contributed by atoms with Crippen LogP contribution in [0.3, 0.4) is 0 Å². The fraction of sp³-hybridized carbons (Fsp3) is 0.857. The molecule has 2 atom stereocenters. The second-order valence-electron chi connectivity index (χ2n) is 6.00. The number of ether oxygens (including phenoxy) is 1. The van der Waals surface area contributed by atoms with Crippen molar-refractivity contribution in [1.29, 1.82) is 0 Å². The Balaban J connectivity index is 2.10. The maximum Gasteiger partial charge on any atom is 0.245 e. The Labute approximate surface area is 114 Å². The van der Waals surface area contributed by atoms with Crippen LogP contribution in [0.25, 0.3) is 0 Å². The van der Waals surface area contributed by atoms with Gasteiger partial charge in [0.1, 0.15) is 12.1 Å². The molecule has 1 saturated heterocycles. The number of hydrogen-bond donors (Lipinski definition) is 1. The van der Waals surface area contributed by atoms with E-state index in [0.717, 1.165) is 12.8 Å². The lowest BCUT2D eigenvalue weighted by atomic mass is 9.97. The molecule has 1 aliphatic heterocycles. The zero-order chi connectivity index (χ0) is 14.0. The van der Waals surface area contributed by atoms with E-state index >= 15 is 0 Å².